The largest absolute Gasteiger partial charge is 0.308 e. The Labute approximate surface area is 133 Å². The zero-order valence-corrected chi connectivity index (χ0v) is 15.4. The molecule has 0 saturated heterocycles. The third-order valence-corrected chi connectivity index (χ3v) is 5.87. The minimum Gasteiger partial charge on any atom is -0.308 e. The molecule has 1 atom stereocenters. The van der Waals surface area contributed by atoms with Gasteiger partial charge in [0.2, 0.25) is 0 Å². The van der Waals surface area contributed by atoms with Crippen molar-refractivity contribution >= 4 is 23.1 Å². The van der Waals surface area contributed by atoms with Crippen molar-refractivity contribution in [2.75, 3.05) is 12.3 Å². The van der Waals surface area contributed by atoms with Crippen molar-refractivity contribution in [2.24, 2.45) is 0 Å². The summed E-state index contributed by atoms with van der Waals surface area (Å²) in [5, 5.41) is 3.77. The average Bonchev–Trinajstić information content (AvgIpc) is 2.85. The summed E-state index contributed by atoms with van der Waals surface area (Å²) in [7, 11) is 0. The van der Waals surface area contributed by atoms with Gasteiger partial charge >= 0.3 is 0 Å². The maximum Gasteiger partial charge on any atom is 0.0415 e. The van der Waals surface area contributed by atoms with E-state index in [1.54, 1.807) is 0 Å². The fourth-order valence-corrected chi connectivity index (χ4v) is 4.01. The molecule has 0 fully saturated rings. The second-order valence-corrected chi connectivity index (χ2v) is 9.39. The van der Waals surface area contributed by atoms with Crippen LogP contribution in [0.4, 0.5) is 0 Å². The van der Waals surface area contributed by atoms with E-state index in [4.69, 9.17) is 0 Å². The van der Waals surface area contributed by atoms with E-state index in [-0.39, 0.29) is 0 Å². The molecular formula is C17H31NS2. The second kappa shape index (κ2) is 9.11. The SMILES string of the molecule is CCCCC(NCCSC(C)(C)C)c1ccc(CC)s1. The Morgan fingerprint density at radius 1 is 1.25 bits per heavy atom. The van der Waals surface area contributed by atoms with Crippen LogP contribution < -0.4 is 5.32 Å². The van der Waals surface area contributed by atoms with Gasteiger partial charge in [-0.1, -0.05) is 47.5 Å². The van der Waals surface area contributed by atoms with Crippen molar-refractivity contribution in [3.05, 3.63) is 21.9 Å². The summed E-state index contributed by atoms with van der Waals surface area (Å²) in [6, 6.07) is 5.18. The van der Waals surface area contributed by atoms with Crippen LogP contribution in [0.3, 0.4) is 0 Å². The third-order valence-electron chi connectivity index (χ3n) is 3.25. The number of unbranched alkanes of at least 4 members (excludes halogenated alkanes) is 1. The number of hydrogen-bond acceptors (Lipinski definition) is 3. The molecule has 116 valence electrons. The van der Waals surface area contributed by atoms with Gasteiger partial charge in [-0.2, -0.15) is 11.8 Å². The normalized spacial score (nSPS) is 13.7. The van der Waals surface area contributed by atoms with Gasteiger partial charge in [0.1, 0.15) is 0 Å². The number of aryl methyl sites for hydroxylation is 1. The van der Waals surface area contributed by atoms with Crippen LogP contribution in [0.15, 0.2) is 12.1 Å². The first-order chi connectivity index (χ1) is 9.46. The molecule has 1 N–H and O–H groups in total. The summed E-state index contributed by atoms with van der Waals surface area (Å²) in [6.45, 7) is 12.5. The van der Waals surface area contributed by atoms with E-state index in [2.05, 4.69) is 52.1 Å². The molecule has 0 aliphatic heterocycles. The van der Waals surface area contributed by atoms with Crippen LogP contribution in [-0.2, 0) is 6.42 Å². The van der Waals surface area contributed by atoms with Crippen LogP contribution in [0, 0.1) is 0 Å². The maximum absolute atomic E-state index is 3.77. The van der Waals surface area contributed by atoms with Crippen molar-refractivity contribution in [1.82, 2.24) is 5.32 Å². The van der Waals surface area contributed by atoms with Crippen LogP contribution in [0.25, 0.3) is 0 Å². The lowest BCUT2D eigenvalue weighted by Gasteiger charge is -2.20. The molecule has 1 heterocycles. The van der Waals surface area contributed by atoms with Gasteiger partial charge in [0.25, 0.3) is 0 Å². The highest BCUT2D eigenvalue weighted by molar-refractivity contribution is 8.00. The fourth-order valence-electron chi connectivity index (χ4n) is 2.12. The van der Waals surface area contributed by atoms with Gasteiger partial charge in [-0.25, -0.2) is 0 Å². The van der Waals surface area contributed by atoms with E-state index < -0.39 is 0 Å². The van der Waals surface area contributed by atoms with Gasteiger partial charge in [0.15, 0.2) is 0 Å². The number of hydrogen-bond donors (Lipinski definition) is 1. The molecule has 0 aliphatic carbocycles. The van der Waals surface area contributed by atoms with Crippen LogP contribution in [0.2, 0.25) is 0 Å². The molecule has 3 heteroatoms. The molecule has 1 nitrogen and oxygen atoms in total. The Morgan fingerprint density at radius 3 is 2.55 bits per heavy atom. The van der Waals surface area contributed by atoms with Crippen LogP contribution >= 0.6 is 23.1 Å². The van der Waals surface area contributed by atoms with Crippen molar-refractivity contribution in [2.45, 2.75) is 71.1 Å². The maximum atomic E-state index is 3.77. The van der Waals surface area contributed by atoms with Crippen molar-refractivity contribution in [3.63, 3.8) is 0 Å². The summed E-state index contributed by atoms with van der Waals surface area (Å²) < 4.78 is 0.374. The lowest BCUT2D eigenvalue weighted by atomic mass is 10.1. The first-order valence-corrected chi connectivity index (χ1v) is 9.72. The van der Waals surface area contributed by atoms with Gasteiger partial charge in [0, 0.05) is 32.8 Å². The minimum absolute atomic E-state index is 0.374. The third kappa shape index (κ3) is 7.14. The summed E-state index contributed by atoms with van der Waals surface area (Å²) in [5.41, 5.74) is 0. The van der Waals surface area contributed by atoms with E-state index in [0.717, 1.165) is 13.0 Å². The first-order valence-electron chi connectivity index (χ1n) is 7.92. The molecule has 0 spiro atoms. The predicted octanol–water partition coefficient (Wildman–Crippen LogP) is 5.66. The monoisotopic (exact) mass is 313 g/mol. The number of thiophene rings is 1. The molecule has 0 aliphatic rings. The molecule has 1 rings (SSSR count). The molecule has 0 amide bonds. The van der Waals surface area contributed by atoms with Crippen LogP contribution in [-0.4, -0.2) is 17.0 Å². The highest BCUT2D eigenvalue weighted by Crippen LogP contribution is 2.28. The summed E-state index contributed by atoms with van der Waals surface area (Å²) in [4.78, 5) is 3.03. The molecular weight excluding hydrogens is 282 g/mol. The predicted molar refractivity (Wildman–Crippen MR) is 96.2 cm³/mol. The smallest absolute Gasteiger partial charge is 0.0415 e. The van der Waals surface area contributed by atoms with Crippen LogP contribution in [0.5, 0.6) is 0 Å². The van der Waals surface area contributed by atoms with Gasteiger partial charge in [-0.05, 0) is 25.0 Å². The summed E-state index contributed by atoms with van der Waals surface area (Å²) in [6.07, 6.45) is 5.01. The molecule has 20 heavy (non-hydrogen) atoms. The van der Waals surface area contributed by atoms with Crippen molar-refractivity contribution in [1.29, 1.82) is 0 Å². The molecule has 0 bridgehead atoms. The molecule has 1 aromatic rings. The Morgan fingerprint density at radius 2 is 2.00 bits per heavy atom. The van der Waals surface area contributed by atoms with Crippen molar-refractivity contribution < 1.29 is 0 Å². The Kier molecular flexibility index (Phi) is 8.23. The Bertz CT molecular complexity index is 365. The molecule has 1 aromatic heterocycles. The van der Waals surface area contributed by atoms with E-state index in [0.29, 0.717) is 10.8 Å². The zero-order valence-electron chi connectivity index (χ0n) is 13.8. The quantitative estimate of drug-likeness (QED) is 0.590. The summed E-state index contributed by atoms with van der Waals surface area (Å²) in [5.74, 6) is 1.19. The number of nitrogens with one attached hydrogen (secondary N) is 1. The highest BCUT2D eigenvalue weighted by Gasteiger charge is 2.14. The Balaban J connectivity index is 2.47. The van der Waals surface area contributed by atoms with E-state index in [1.165, 1.54) is 34.8 Å². The lowest BCUT2D eigenvalue weighted by molar-refractivity contribution is 0.503. The molecule has 1 unspecified atom stereocenters. The molecule has 0 radical (unpaired) electrons. The fraction of sp³-hybridized carbons (Fsp3) is 0.765. The zero-order chi connectivity index (χ0) is 15.0. The van der Waals surface area contributed by atoms with E-state index in [1.807, 2.05) is 23.1 Å². The van der Waals surface area contributed by atoms with Gasteiger partial charge in [-0.3, -0.25) is 0 Å². The van der Waals surface area contributed by atoms with Gasteiger partial charge in [0.05, 0.1) is 0 Å². The first kappa shape index (κ1) is 18.1. The number of thioether (sulfide) groups is 1. The molecule has 0 saturated carbocycles. The van der Waals surface area contributed by atoms with Gasteiger partial charge < -0.3 is 5.32 Å². The minimum atomic E-state index is 0.374. The average molecular weight is 314 g/mol. The van der Waals surface area contributed by atoms with Gasteiger partial charge in [-0.15, -0.1) is 11.3 Å². The topological polar surface area (TPSA) is 12.0 Å². The number of rotatable bonds is 9. The second-order valence-electron chi connectivity index (χ2n) is 6.27. The summed E-state index contributed by atoms with van der Waals surface area (Å²) >= 11 is 4.03. The Hall–Kier alpha value is 0.01000. The van der Waals surface area contributed by atoms with Crippen LogP contribution in [0.1, 0.15) is 69.7 Å². The standard InChI is InChI=1S/C17H31NS2/c1-6-8-9-15(16-11-10-14(7-2)20-16)18-12-13-19-17(3,4)5/h10-11,15,18H,6-9,12-13H2,1-5H3. The van der Waals surface area contributed by atoms with E-state index >= 15 is 0 Å². The lowest BCUT2D eigenvalue weighted by Crippen LogP contribution is -2.24. The molecule has 0 aromatic carbocycles. The van der Waals surface area contributed by atoms with Crippen molar-refractivity contribution in [3.8, 4) is 0 Å². The highest BCUT2D eigenvalue weighted by atomic mass is 32.2. The van der Waals surface area contributed by atoms with E-state index in [9.17, 15) is 0 Å².